The van der Waals surface area contributed by atoms with E-state index in [0.717, 1.165) is 43.8 Å². The van der Waals surface area contributed by atoms with Crippen molar-refractivity contribution in [2.75, 3.05) is 25.0 Å². The quantitative estimate of drug-likeness (QED) is 0.900. The van der Waals surface area contributed by atoms with E-state index in [-0.39, 0.29) is 6.03 Å². The number of likely N-dealkylation sites (tertiary alicyclic amines) is 1. The number of anilines is 1. The van der Waals surface area contributed by atoms with Gasteiger partial charge in [-0.1, -0.05) is 18.2 Å². The number of nitrogens with zero attached hydrogens (tertiary/aromatic N) is 1. The maximum atomic E-state index is 12.4. The third kappa shape index (κ3) is 4.12. The highest BCUT2D eigenvalue weighted by molar-refractivity contribution is 7.13. The van der Waals surface area contributed by atoms with E-state index in [1.807, 2.05) is 36.1 Å². The summed E-state index contributed by atoms with van der Waals surface area (Å²) in [6.07, 6.45) is 2.12. The van der Waals surface area contributed by atoms with Crippen molar-refractivity contribution >= 4 is 23.1 Å². The van der Waals surface area contributed by atoms with Crippen LogP contribution in [-0.4, -0.2) is 36.7 Å². The lowest BCUT2D eigenvalue weighted by Crippen LogP contribution is -2.43. The average Bonchev–Trinajstić information content (AvgIpc) is 3.11. The van der Waals surface area contributed by atoms with E-state index in [0.29, 0.717) is 6.10 Å². The summed E-state index contributed by atoms with van der Waals surface area (Å²) in [6.45, 7) is 4.26. The molecule has 0 spiro atoms. The number of rotatable bonds is 4. The van der Waals surface area contributed by atoms with Crippen LogP contribution in [0.15, 0.2) is 41.8 Å². The van der Waals surface area contributed by atoms with Gasteiger partial charge in [0.15, 0.2) is 0 Å². The molecule has 1 aromatic carbocycles. The van der Waals surface area contributed by atoms with Gasteiger partial charge in [-0.05, 0) is 48.9 Å². The molecule has 1 saturated heterocycles. The van der Waals surface area contributed by atoms with Gasteiger partial charge in [0.05, 0.1) is 6.10 Å². The van der Waals surface area contributed by atoms with Crippen LogP contribution in [0, 0.1) is 0 Å². The van der Waals surface area contributed by atoms with Crippen molar-refractivity contribution in [1.82, 2.24) is 4.90 Å². The first-order chi connectivity index (χ1) is 11.3. The van der Waals surface area contributed by atoms with Crippen molar-refractivity contribution in [3.63, 3.8) is 0 Å². The first-order valence-electron chi connectivity index (χ1n) is 8.07. The Morgan fingerprint density at radius 2 is 2.13 bits per heavy atom. The Kier molecular flexibility index (Phi) is 5.31. The number of ether oxygens (including phenoxy) is 1. The number of benzene rings is 1. The number of amides is 2. The van der Waals surface area contributed by atoms with Crippen molar-refractivity contribution in [2.24, 2.45) is 0 Å². The molecule has 1 fully saturated rings. The van der Waals surface area contributed by atoms with Gasteiger partial charge in [0.2, 0.25) is 0 Å². The van der Waals surface area contributed by atoms with Crippen LogP contribution >= 0.6 is 11.3 Å². The molecule has 1 aliphatic heterocycles. The molecule has 0 radical (unpaired) electrons. The fourth-order valence-electron chi connectivity index (χ4n) is 2.86. The molecule has 1 aromatic heterocycles. The molecule has 2 amide bonds. The van der Waals surface area contributed by atoms with Crippen molar-refractivity contribution in [1.29, 1.82) is 0 Å². The second kappa shape index (κ2) is 7.62. The minimum Gasteiger partial charge on any atom is -0.378 e. The summed E-state index contributed by atoms with van der Waals surface area (Å²) in [5, 5.41) is 5.07. The molecule has 5 heteroatoms. The lowest BCUT2D eigenvalue weighted by Gasteiger charge is -2.31. The number of hydrogen-bond acceptors (Lipinski definition) is 3. The van der Waals surface area contributed by atoms with Gasteiger partial charge in [0.25, 0.3) is 0 Å². The van der Waals surface area contributed by atoms with Gasteiger partial charge >= 0.3 is 6.03 Å². The van der Waals surface area contributed by atoms with E-state index < -0.39 is 0 Å². The zero-order valence-electron chi connectivity index (χ0n) is 13.3. The van der Waals surface area contributed by atoms with Gasteiger partial charge in [-0.2, -0.15) is 0 Å². The van der Waals surface area contributed by atoms with Gasteiger partial charge < -0.3 is 15.0 Å². The Bertz CT molecular complexity index is 634. The third-order valence-electron chi connectivity index (χ3n) is 4.05. The summed E-state index contributed by atoms with van der Waals surface area (Å²) in [5.74, 6) is 0. The standard InChI is InChI=1S/C18H22N2O2S/c1-2-22-16-8-10-20(11-9-16)18(21)19-15-6-3-5-14(13-15)17-7-4-12-23-17/h3-7,12-13,16H,2,8-11H2,1H3,(H,19,21). The second-order valence-corrected chi connectivity index (χ2v) is 6.58. The van der Waals surface area contributed by atoms with Crippen LogP contribution < -0.4 is 5.32 Å². The minimum atomic E-state index is -0.0247. The Hall–Kier alpha value is -1.85. The van der Waals surface area contributed by atoms with Gasteiger partial charge in [-0.25, -0.2) is 4.79 Å². The summed E-state index contributed by atoms with van der Waals surface area (Å²) in [6, 6.07) is 12.1. The largest absolute Gasteiger partial charge is 0.378 e. The molecule has 1 N–H and O–H groups in total. The fraction of sp³-hybridized carbons (Fsp3) is 0.389. The average molecular weight is 330 g/mol. The second-order valence-electron chi connectivity index (χ2n) is 5.63. The van der Waals surface area contributed by atoms with Crippen LogP contribution in [0.4, 0.5) is 10.5 Å². The van der Waals surface area contributed by atoms with Gasteiger partial charge in [0, 0.05) is 30.3 Å². The van der Waals surface area contributed by atoms with Crippen LogP contribution in [0.3, 0.4) is 0 Å². The summed E-state index contributed by atoms with van der Waals surface area (Å²) < 4.78 is 5.63. The Morgan fingerprint density at radius 1 is 1.30 bits per heavy atom. The molecule has 0 atom stereocenters. The zero-order chi connectivity index (χ0) is 16.1. The normalized spacial score (nSPS) is 15.6. The maximum absolute atomic E-state index is 12.4. The summed E-state index contributed by atoms with van der Waals surface area (Å²) in [4.78, 5) is 15.5. The van der Waals surface area contributed by atoms with Crippen LogP contribution in [0.2, 0.25) is 0 Å². The van der Waals surface area contributed by atoms with E-state index in [4.69, 9.17) is 4.74 Å². The first-order valence-corrected chi connectivity index (χ1v) is 8.95. The predicted molar refractivity (Wildman–Crippen MR) is 95.0 cm³/mol. The predicted octanol–water partition coefficient (Wildman–Crippen LogP) is 4.45. The SMILES string of the molecule is CCOC1CCN(C(=O)Nc2cccc(-c3cccs3)c2)CC1. The molecular formula is C18H22N2O2S. The summed E-state index contributed by atoms with van der Waals surface area (Å²) in [5.41, 5.74) is 1.97. The highest BCUT2D eigenvalue weighted by atomic mass is 32.1. The smallest absolute Gasteiger partial charge is 0.321 e. The van der Waals surface area contributed by atoms with Crippen LogP contribution in [-0.2, 0) is 4.74 Å². The lowest BCUT2D eigenvalue weighted by atomic mass is 10.1. The number of thiophene rings is 1. The third-order valence-corrected chi connectivity index (χ3v) is 4.97. The molecule has 4 nitrogen and oxygen atoms in total. The van der Waals surface area contributed by atoms with E-state index in [9.17, 15) is 4.79 Å². The zero-order valence-corrected chi connectivity index (χ0v) is 14.1. The number of carbonyl (C=O) groups excluding carboxylic acids is 1. The molecule has 2 aromatic rings. The highest BCUT2D eigenvalue weighted by Gasteiger charge is 2.22. The number of carbonyl (C=O) groups is 1. The Morgan fingerprint density at radius 3 is 2.83 bits per heavy atom. The van der Waals surface area contributed by atoms with Gasteiger partial charge in [0.1, 0.15) is 0 Å². The highest BCUT2D eigenvalue weighted by Crippen LogP contribution is 2.27. The monoisotopic (exact) mass is 330 g/mol. The molecule has 23 heavy (non-hydrogen) atoms. The van der Waals surface area contributed by atoms with Crippen molar-refractivity contribution in [3.8, 4) is 10.4 Å². The van der Waals surface area contributed by atoms with Crippen LogP contribution in [0.1, 0.15) is 19.8 Å². The molecule has 122 valence electrons. The topological polar surface area (TPSA) is 41.6 Å². The lowest BCUT2D eigenvalue weighted by molar-refractivity contribution is 0.0232. The Balaban J connectivity index is 1.59. The number of urea groups is 1. The molecule has 0 saturated carbocycles. The summed E-state index contributed by atoms with van der Waals surface area (Å²) >= 11 is 1.70. The number of nitrogens with one attached hydrogen (secondary N) is 1. The van der Waals surface area contributed by atoms with Crippen LogP contribution in [0.25, 0.3) is 10.4 Å². The first kappa shape index (κ1) is 16.0. The molecule has 0 aliphatic carbocycles. The summed E-state index contributed by atoms with van der Waals surface area (Å²) in [7, 11) is 0. The number of hydrogen-bond donors (Lipinski definition) is 1. The van der Waals surface area contributed by atoms with E-state index in [1.54, 1.807) is 11.3 Å². The fourth-order valence-corrected chi connectivity index (χ4v) is 3.58. The molecule has 0 unspecified atom stereocenters. The molecular weight excluding hydrogens is 308 g/mol. The number of piperidine rings is 1. The van der Waals surface area contributed by atoms with E-state index in [2.05, 4.69) is 22.8 Å². The van der Waals surface area contributed by atoms with Crippen molar-refractivity contribution in [3.05, 3.63) is 41.8 Å². The van der Waals surface area contributed by atoms with Crippen LogP contribution in [0.5, 0.6) is 0 Å². The molecule has 2 heterocycles. The molecule has 1 aliphatic rings. The van der Waals surface area contributed by atoms with E-state index >= 15 is 0 Å². The molecule has 3 rings (SSSR count). The minimum absolute atomic E-state index is 0.0247. The van der Waals surface area contributed by atoms with Gasteiger partial charge in [-0.3, -0.25) is 0 Å². The molecule has 0 bridgehead atoms. The van der Waals surface area contributed by atoms with Gasteiger partial charge in [-0.15, -0.1) is 11.3 Å². The van der Waals surface area contributed by atoms with E-state index in [1.165, 1.54) is 4.88 Å². The van der Waals surface area contributed by atoms with Crippen molar-refractivity contribution < 1.29 is 9.53 Å². The Labute approximate surface area is 141 Å². The van der Waals surface area contributed by atoms with Crippen molar-refractivity contribution in [2.45, 2.75) is 25.9 Å². The maximum Gasteiger partial charge on any atom is 0.321 e.